The Balaban J connectivity index is 1.96. The molecule has 0 spiro atoms. The molecule has 1 amide bonds. The Kier molecular flexibility index (Phi) is 7.03. The van der Waals surface area contributed by atoms with Crippen molar-refractivity contribution in [2.75, 3.05) is 25.6 Å². The maximum atomic E-state index is 12.1. The van der Waals surface area contributed by atoms with Gasteiger partial charge in [-0.3, -0.25) is 4.79 Å². The molecule has 0 saturated carbocycles. The van der Waals surface area contributed by atoms with Gasteiger partial charge in [-0.1, -0.05) is 11.6 Å². The van der Waals surface area contributed by atoms with Crippen molar-refractivity contribution >= 4 is 29.2 Å². The Morgan fingerprint density at radius 3 is 2.59 bits per heavy atom. The van der Waals surface area contributed by atoms with Crippen LogP contribution in [-0.2, 0) is 9.53 Å². The van der Waals surface area contributed by atoms with Crippen LogP contribution in [0.25, 0.3) is 0 Å². The number of hydrogen-bond donors (Lipinski definition) is 1. The van der Waals surface area contributed by atoms with Crippen LogP contribution in [0.2, 0.25) is 5.02 Å². The number of carbonyl (C=O) groups is 2. The lowest BCUT2D eigenvalue weighted by molar-refractivity contribution is -0.119. The summed E-state index contributed by atoms with van der Waals surface area (Å²) in [6.45, 7) is 1.74. The van der Waals surface area contributed by atoms with E-state index in [4.69, 9.17) is 31.1 Å². The van der Waals surface area contributed by atoms with Gasteiger partial charge in [-0.2, -0.15) is 5.26 Å². The lowest BCUT2D eigenvalue weighted by Crippen LogP contribution is -2.21. The number of nitrogens with zero attached hydrogens (tertiary/aromatic N) is 1. The van der Waals surface area contributed by atoms with Gasteiger partial charge < -0.3 is 19.5 Å². The summed E-state index contributed by atoms with van der Waals surface area (Å²) in [5.41, 5.74) is 0.919. The first-order valence-electron chi connectivity index (χ1n) is 7.96. The number of hydrogen-bond acceptors (Lipinski definition) is 6. The van der Waals surface area contributed by atoms with Crippen LogP contribution in [0.15, 0.2) is 36.4 Å². The van der Waals surface area contributed by atoms with Gasteiger partial charge in [-0.05, 0) is 43.3 Å². The summed E-state index contributed by atoms with van der Waals surface area (Å²) in [7, 11) is 1.50. The fourth-order valence-electron chi connectivity index (χ4n) is 2.17. The van der Waals surface area contributed by atoms with E-state index >= 15 is 0 Å². The second-order valence-corrected chi connectivity index (χ2v) is 5.64. The Labute approximate surface area is 161 Å². The number of nitrogens with one attached hydrogen (secondary N) is 1. The smallest absolute Gasteiger partial charge is 0.338 e. The number of rotatable bonds is 7. The molecule has 0 unspecified atom stereocenters. The van der Waals surface area contributed by atoms with Gasteiger partial charge in [0.2, 0.25) is 0 Å². The van der Waals surface area contributed by atoms with Crippen molar-refractivity contribution in [3.63, 3.8) is 0 Å². The van der Waals surface area contributed by atoms with E-state index in [0.717, 1.165) is 0 Å². The van der Waals surface area contributed by atoms with E-state index in [9.17, 15) is 9.59 Å². The third kappa shape index (κ3) is 5.36. The molecule has 0 aromatic heterocycles. The van der Waals surface area contributed by atoms with E-state index in [2.05, 4.69) is 5.32 Å². The van der Waals surface area contributed by atoms with E-state index in [1.165, 1.54) is 37.4 Å². The molecule has 8 heteroatoms. The number of halogens is 1. The zero-order valence-corrected chi connectivity index (χ0v) is 15.5. The maximum Gasteiger partial charge on any atom is 0.338 e. The summed E-state index contributed by atoms with van der Waals surface area (Å²) < 4.78 is 15.6. The fraction of sp³-hybridized carbons (Fsp3) is 0.211. The van der Waals surface area contributed by atoms with Crippen molar-refractivity contribution in [2.24, 2.45) is 0 Å². The first-order chi connectivity index (χ1) is 13.0. The molecule has 7 nitrogen and oxygen atoms in total. The van der Waals surface area contributed by atoms with Gasteiger partial charge in [0.1, 0.15) is 6.07 Å². The van der Waals surface area contributed by atoms with Crippen molar-refractivity contribution < 1.29 is 23.8 Å². The Morgan fingerprint density at radius 1 is 1.19 bits per heavy atom. The molecule has 0 aliphatic carbocycles. The van der Waals surface area contributed by atoms with Crippen LogP contribution in [0.4, 0.5) is 5.69 Å². The van der Waals surface area contributed by atoms with Gasteiger partial charge >= 0.3 is 5.97 Å². The number of amides is 1. The Morgan fingerprint density at radius 2 is 1.96 bits per heavy atom. The number of carbonyl (C=O) groups excluding carboxylic acids is 2. The SMILES string of the molecule is CCOc1cc(C(=O)OCC(=O)Nc2ccc(C#N)c(Cl)c2)ccc1OC. The van der Waals surface area contributed by atoms with E-state index in [-0.39, 0.29) is 10.6 Å². The lowest BCUT2D eigenvalue weighted by Gasteiger charge is -2.11. The van der Waals surface area contributed by atoms with Crippen LogP contribution in [0.3, 0.4) is 0 Å². The summed E-state index contributed by atoms with van der Waals surface area (Å²) in [4.78, 5) is 24.1. The molecule has 0 saturated heterocycles. The van der Waals surface area contributed by atoms with E-state index in [0.29, 0.717) is 29.4 Å². The Bertz CT molecular complexity index is 892. The third-order valence-corrected chi connectivity index (χ3v) is 3.72. The quantitative estimate of drug-likeness (QED) is 0.730. The minimum atomic E-state index is -0.674. The molecule has 0 aliphatic rings. The summed E-state index contributed by atoms with van der Waals surface area (Å²) in [5, 5.41) is 11.6. The van der Waals surface area contributed by atoms with Crippen LogP contribution in [-0.4, -0.2) is 32.2 Å². The zero-order chi connectivity index (χ0) is 19.8. The highest BCUT2D eigenvalue weighted by atomic mass is 35.5. The molecular formula is C19H17ClN2O5. The largest absolute Gasteiger partial charge is 0.493 e. The highest BCUT2D eigenvalue weighted by molar-refractivity contribution is 6.32. The van der Waals surface area contributed by atoms with Crippen LogP contribution < -0.4 is 14.8 Å². The molecule has 0 fully saturated rings. The minimum absolute atomic E-state index is 0.217. The lowest BCUT2D eigenvalue weighted by atomic mass is 10.2. The zero-order valence-electron chi connectivity index (χ0n) is 14.7. The predicted molar refractivity (Wildman–Crippen MR) is 99.2 cm³/mol. The number of methoxy groups -OCH3 is 1. The maximum absolute atomic E-state index is 12.1. The summed E-state index contributed by atoms with van der Waals surface area (Å²) in [6, 6.07) is 11.0. The molecule has 0 heterocycles. The summed E-state index contributed by atoms with van der Waals surface area (Å²) >= 11 is 5.90. The molecule has 0 aliphatic heterocycles. The standard InChI is InChI=1S/C19H17ClN2O5/c1-3-26-17-8-12(5-7-16(17)25-2)19(24)27-11-18(23)22-14-6-4-13(10-21)15(20)9-14/h4-9H,3,11H2,1-2H3,(H,22,23). The van der Waals surface area contributed by atoms with Crippen LogP contribution in [0.1, 0.15) is 22.8 Å². The normalized spacial score (nSPS) is 9.85. The molecule has 2 rings (SSSR count). The van der Waals surface area contributed by atoms with Crippen molar-refractivity contribution in [3.8, 4) is 17.6 Å². The number of ether oxygens (including phenoxy) is 3. The molecule has 0 radical (unpaired) electrons. The van der Waals surface area contributed by atoms with E-state index in [1.54, 1.807) is 6.07 Å². The average Bonchev–Trinajstić information content (AvgIpc) is 2.66. The molecular weight excluding hydrogens is 372 g/mol. The summed E-state index contributed by atoms with van der Waals surface area (Å²) in [6.07, 6.45) is 0. The number of nitriles is 1. The second-order valence-electron chi connectivity index (χ2n) is 5.23. The van der Waals surface area contributed by atoms with Gasteiger partial charge in [0.15, 0.2) is 18.1 Å². The van der Waals surface area contributed by atoms with Gasteiger partial charge in [-0.15, -0.1) is 0 Å². The molecule has 27 heavy (non-hydrogen) atoms. The fourth-order valence-corrected chi connectivity index (χ4v) is 2.39. The average molecular weight is 389 g/mol. The topological polar surface area (TPSA) is 97.6 Å². The number of anilines is 1. The van der Waals surface area contributed by atoms with Crippen LogP contribution in [0.5, 0.6) is 11.5 Å². The van der Waals surface area contributed by atoms with E-state index in [1.807, 2.05) is 13.0 Å². The van der Waals surface area contributed by atoms with Gasteiger partial charge in [0.25, 0.3) is 5.91 Å². The van der Waals surface area contributed by atoms with Crippen molar-refractivity contribution in [1.82, 2.24) is 0 Å². The molecule has 2 aromatic rings. The van der Waals surface area contributed by atoms with Crippen LogP contribution in [0, 0.1) is 11.3 Å². The van der Waals surface area contributed by atoms with Crippen molar-refractivity contribution in [1.29, 1.82) is 5.26 Å². The third-order valence-electron chi connectivity index (χ3n) is 3.41. The second kappa shape index (κ2) is 9.46. The molecule has 2 aromatic carbocycles. The van der Waals surface area contributed by atoms with E-state index < -0.39 is 18.5 Å². The highest BCUT2D eigenvalue weighted by Gasteiger charge is 2.14. The predicted octanol–water partition coefficient (Wildman–Crippen LogP) is 3.41. The first-order valence-corrected chi connectivity index (χ1v) is 8.33. The van der Waals surface area contributed by atoms with Crippen molar-refractivity contribution in [2.45, 2.75) is 6.92 Å². The monoisotopic (exact) mass is 388 g/mol. The highest BCUT2D eigenvalue weighted by Crippen LogP contribution is 2.28. The molecule has 0 atom stereocenters. The van der Waals surface area contributed by atoms with Gasteiger partial charge in [-0.25, -0.2) is 4.79 Å². The number of esters is 1. The Hall–Kier alpha value is -3.24. The molecule has 140 valence electrons. The number of benzene rings is 2. The van der Waals surface area contributed by atoms with Gasteiger partial charge in [0.05, 0.1) is 29.9 Å². The van der Waals surface area contributed by atoms with Crippen molar-refractivity contribution in [3.05, 3.63) is 52.5 Å². The van der Waals surface area contributed by atoms with Crippen LogP contribution >= 0.6 is 11.6 Å². The molecule has 0 bridgehead atoms. The minimum Gasteiger partial charge on any atom is -0.493 e. The summed E-state index contributed by atoms with van der Waals surface area (Å²) in [5.74, 6) is -0.316. The first kappa shape index (κ1) is 20.1. The van der Waals surface area contributed by atoms with Gasteiger partial charge in [0, 0.05) is 5.69 Å². The molecule has 1 N–H and O–H groups in total.